The van der Waals surface area contributed by atoms with Crippen LogP contribution in [0.3, 0.4) is 0 Å². The molecule has 21 heavy (non-hydrogen) atoms. The third kappa shape index (κ3) is 5.22. The second kappa shape index (κ2) is 7.94. The molecule has 0 amide bonds. The Hall–Kier alpha value is -0.120. The molecule has 3 heteroatoms. The van der Waals surface area contributed by atoms with Gasteiger partial charge < -0.3 is 5.32 Å². The second-order valence-electron chi connectivity index (χ2n) is 8.06. The van der Waals surface area contributed by atoms with Crippen LogP contribution in [0.1, 0.15) is 59.8 Å². The molecule has 2 rings (SSSR count). The summed E-state index contributed by atoms with van der Waals surface area (Å²) in [5.41, 5.74) is 0.331. The van der Waals surface area contributed by atoms with E-state index in [0.717, 1.165) is 12.0 Å². The molecule has 1 saturated heterocycles. The average molecular weight is 296 g/mol. The first-order valence-electron chi connectivity index (χ1n) is 9.21. The van der Waals surface area contributed by atoms with Gasteiger partial charge in [0.2, 0.25) is 0 Å². The molecular weight excluding hydrogens is 258 g/mol. The summed E-state index contributed by atoms with van der Waals surface area (Å²) >= 11 is 0. The lowest BCUT2D eigenvalue weighted by molar-refractivity contribution is 0.0544. The highest BCUT2D eigenvalue weighted by molar-refractivity contribution is 4.87. The van der Waals surface area contributed by atoms with Crippen LogP contribution in [0.25, 0.3) is 0 Å². The van der Waals surface area contributed by atoms with Crippen molar-refractivity contribution in [2.75, 3.05) is 39.3 Å². The normalized spacial score (nSPS) is 24.6. The summed E-state index contributed by atoms with van der Waals surface area (Å²) < 4.78 is 0. The molecule has 0 aromatic rings. The lowest BCUT2D eigenvalue weighted by Gasteiger charge is -2.43. The van der Waals surface area contributed by atoms with E-state index in [0.29, 0.717) is 5.54 Å². The largest absolute Gasteiger partial charge is 0.312 e. The summed E-state index contributed by atoms with van der Waals surface area (Å²) in [6.07, 6.45) is 7.05. The first kappa shape index (κ1) is 17.2. The summed E-state index contributed by atoms with van der Waals surface area (Å²) in [5, 5.41) is 3.84. The maximum Gasteiger partial charge on any atom is 0.0223 e. The zero-order valence-electron chi connectivity index (χ0n) is 14.8. The third-order valence-electron chi connectivity index (χ3n) is 5.40. The molecule has 1 aliphatic heterocycles. The van der Waals surface area contributed by atoms with Gasteiger partial charge in [-0.25, -0.2) is 0 Å². The van der Waals surface area contributed by atoms with Crippen LogP contribution in [0, 0.1) is 5.92 Å². The van der Waals surface area contributed by atoms with Gasteiger partial charge in [-0.1, -0.05) is 19.8 Å². The van der Waals surface area contributed by atoms with Gasteiger partial charge >= 0.3 is 0 Å². The zero-order valence-corrected chi connectivity index (χ0v) is 14.8. The van der Waals surface area contributed by atoms with E-state index < -0.39 is 0 Å². The van der Waals surface area contributed by atoms with E-state index in [2.05, 4.69) is 42.8 Å². The minimum Gasteiger partial charge on any atom is -0.312 e. The Bertz CT molecular complexity index is 283. The van der Waals surface area contributed by atoms with Crippen LogP contribution in [0.4, 0.5) is 0 Å². The Labute approximate surface area is 132 Å². The number of rotatable bonds is 6. The van der Waals surface area contributed by atoms with Crippen molar-refractivity contribution in [2.45, 2.75) is 71.4 Å². The van der Waals surface area contributed by atoms with Crippen LogP contribution >= 0.6 is 0 Å². The highest BCUT2D eigenvalue weighted by Gasteiger charge is 2.29. The lowest BCUT2D eigenvalue weighted by Crippen LogP contribution is -2.56. The molecule has 1 heterocycles. The molecule has 1 atom stereocenters. The van der Waals surface area contributed by atoms with Gasteiger partial charge in [-0.15, -0.1) is 0 Å². The molecule has 1 saturated carbocycles. The molecule has 0 spiro atoms. The quantitative estimate of drug-likeness (QED) is 0.813. The highest BCUT2D eigenvalue weighted by Crippen LogP contribution is 2.28. The predicted molar refractivity (Wildman–Crippen MR) is 91.8 cm³/mol. The summed E-state index contributed by atoms with van der Waals surface area (Å²) in [4.78, 5) is 5.33. The Balaban J connectivity index is 1.80. The van der Waals surface area contributed by atoms with Gasteiger partial charge in [-0.05, 0) is 52.5 Å². The smallest absolute Gasteiger partial charge is 0.0223 e. The molecule has 2 fully saturated rings. The molecule has 0 radical (unpaired) electrons. The summed E-state index contributed by atoms with van der Waals surface area (Å²) in [6, 6.07) is 0.730. The number of hydrogen-bond donors (Lipinski definition) is 1. The molecule has 1 unspecified atom stereocenters. The average Bonchev–Trinajstić information content (AvgIpc) is 2.97. The standard InChI is InChI=1S/C18H37N3/c1-5-10-19-17(16-8-6-7-9-16)15-20-11-13-21(14-12-20)18(2,3)4/h16-17,19H,5-15H2,1-4H3. The van der Waals surface area contributed by atoms with Crippen LogP contribution in [0.15, 0.2) is 0 Å². The van der Waals surface area contributed by atoms with Crippen LogP contribution in [0.5, 0.6) is 0 Å². The fourth-order valence-electron chi connectivity index (χ4n) is 3.95. The van der Waals surface area contributed by atoms with Crippen molar-refractivity contribution in [2.24, 2.45) is 5.92 Å². The van der Waals surface area contributed by atoms with Crippen molar-refractivity contribution >= 4 is 0 Å². The van der Waals surface area contributed by atoms with Gasteiger partial charge in [0, 0.05) is 44.3 Å². The molecule has 0 aromatic heterocycles. The van der Waals surface area contributed by atoms with E-state index in [1.807, 2.05) is 0 Å². The highest BCUT2D eigenvalue weighted by atomic mass is 15.3. The van der Waals surface area contributed by atoms with Crippen molar-refractivity contribution in [1.29, 1.82) is 0 Å². The monoisotopic (exact) mass is 295 g/mol. The van der Waals surface area contributed by atoms with Crippen LogP contribution < -0.4 is 5.32 Å². The number of nitrogens with one attached hydrogen (secondary N) is 1. The van der Waals surface area contributed by atoms with Gasteiger partial charge in [0.25, 0.3) is 0 Å². The van der Waals surface area contributed by atoms with Crippen molar-refractivity contribution in [3.05, 3.63) is 0 Å². The number of nitrogens with zero attached hydrogens (tertiary/aromatic N) is 2. The zero-order chi connectivity index (χ0) is 15.3. The van der Waals surface area contributed by atoms with Crippen LogP contribution in [0.2, 0.25) is 0 Å². The van der Waals surface area contributed by atoms with Gasteiger partial charge in [0.1, 0.15) is 0 Å². The molecular formula is C18H37N3. The van der Waals surface area contributed by atoms with Crippen molar-refractivity contribution in [3.8, 4) is 0 Å². The minimum absolute atomic E-state index is 0.331. The van der Waals surface area contributed by atoms with Crippen molar-refractivity contribution in [1.82, 2.24) is 15.1 Å². The predicted octanol–water partition coefficient (Wildman–Crippen LogP) is 2.96. The van der Waals surface area contributed by atoms with Gasteiger partial charge in [0.05, 0.1) is 0 Å². The van der Waals surface area contributed by atoms with Crippen LogP contribution in [-0.2, 0) is 0 Å². The molecule has 0 aromatic carbocycles. The summed E-state index contributed by atoms with van der Waals surface area (Å²) in [5.74, 6) is 0.928. The van der Waals surface area contributed by atoms with E-state index in [9.17, 15) is 0 Å². The van der Waals surface area contributed by atoms with E-state index in [1.54, 1.807) is 0 Å². The fraction of sp³-hybridized carbons (Fsp3) is 1.00. The lowest BCUT2D eigenvalue weighted by atomic mass is 9.97. The maximum atomic E-state index is 3.84. The molecule has 2 aliphatic rings. The third-order valence-corrected chi connectivity index (χ3v) is 5.40. The van der Waals surface area contributed by atoms with E-state index >= 15 is 0 Å². The first-order chi connectivity index (χ1) is 10.0. The SMILES string of the molecule is CCCNC(CN1CCN(C(C)(C)C)CC1)C1CCCC1. The Morgan fingerprint density at radius 1 is 1.05 bits per heavy atom. The second-order valence-corrected chi connectivity index (χ2v) is 8.06. The topological polar surface area (TPSA) is 18.5 Å². The Kier molecular flexibility index (Phi) is 6.51. The molecule has 3 nitrogen and oxygen atoms in total. The number of hydrogen-bond acceptors (Lipinski definition) is 3. The fourth-order valence-corrected chi connectivity index (χ4v) is 3.95. The molecule has 124 valence electrons. The molecule has 1 N–H and O–H groups in total. The summed E-state index contributed by atoms with van der Waals surface area (Å²) in [6.45, 7) is 16.7. The van der Waals surface area contributed by atoms with Crippen molar-refractivity contribution < 1.29 is 0 Å². The minimum atomic E-state index is 0.331. The Morgan fingerprint density at radius 3 is 2.19 bits per heavy atom. The van der Waals surface area contributed by atoms with Gasteiger partial charge in [0.15, 0.2) is 0 Å². The van der Waals surface area contributed by atoms with E-state index in [1.165, 1.54) is 71.4 Å². The van der Waals surface area contributed by atoms with Crippen molar-refractivity contribution in [3.63, 3.8) is 0 Å². The maximum absolute atomic E-state index is 3.84. The Morgan fingerprint density at radius 2 is 1.67 bits per heavy atom. The molecule has 0 bridgehead atoms. The van der Waals surface area contributed by atoms with E-state index in [-0.39, 0.29) is 0 Å². The summed E-state index contributed by atoms with van der Waals surface area (Å²) in [7, 11) is 0. The number of piperazine rings is 1. The van der Waals surface area contributed by atoms with Gasteiger partial charge in [-0.3, -0.25) is 9.80 Å². The molecule has 1 aliphatic carbocycles. The van der Waals surface area contributed by atoms with E-state index in [4.69, 9.17) is 0 Å². The van der Waals surface area contributed by atoms with Gasteiger partial charge in [-0.2, -0.15) is 0 Å². The van der Waals surface area contributed by atoms with Crippen LogP contribution in [-0.4, -0.2) is 60.6 Å². The first-order valence-corrected chi connectivity index (χ1v) is 9.21.